The summed E-state index contributed by atoms with van der Waals surface area (Å²) in [6.45, 7) is 2.12. The van der Waals surface area contributed by atoms with E-state index in [4.69, 9.17) is 0 Å². The fourth-order valence-corrected chi connectivity index (χ4v) is 5.99. The first-order valence-electron chi connectivity index (χ1n) is 6.29. The Hall–Kier alpha value is -1.07. The van der Waals surface area contributed by atoms with Crippen LogP contribution in [0, 0.1) is 11.6 Å². The third-order valence-electron chi connectivity index (χ3n) is 3.22. The van der Waals surface area contributed by atoms with Crippen LogP contribution < -0.4 is 0 Å². The molecular weight excluding hydrogens is 296 g/mol. The maximum atomic E-state index is 14.3. The van der Waals surface area contributed by atoms with Crippen LogP contribution in [0.1, 0.15) is 18.1 Å². The van der Waals surface area contributed by atoms with Crippen molar-refractivity contribution in [2.24, 2.45) is 0 Å². The standard InChI is InChI=1S/C15H13F2NS2/c1-10-9-19-15(20-10,11-3-2-6-18-8-11)13-5-4-12(16)7-14(13)17/h2-8,10H,9H2,1H3. The predicted octanol–water partition coefficient (Wildman–Crippen LogP) is 4.43. The van der Waals surface area contributed by atoms with Gasteiger partial charge in [0.15, 0.2) is 0 Å². The van der Waals surface area contributed by atoms with Gasteiger partial charge >= 0.3 is 0 Å². The highest BCUT2D eigenvalue weighted by Gasteiger charge is 2.44. The summed E-state index contributed by atoms with van der Waals surface area (Å²) < 4.78 is 26.9. The number of rotatable bonds is 2. The van der Waals surface area contributed by atoms with E-state index in [1.807, 2.05) is 12.1 Å². The number of hydrogen-bond acceptors (Lipinski definition) is 3. The molecule has 1 aliphatic rings. The molecule has 5 heteroatoms. The number of aromatic nitrogens is 1. The molecule has 0 spiro atoms. The van der Waals surface area contributed by atoms with E-state index in [2.05, 4.69) is 11.9 Å². The highest BCUT2D eigenvalue weighted by molar-refractivity contribution is 8.21. The Labute approximate surface area is 125 Å². The van der Waals surface area contributed by atoms with E-state index in [0.717, 1.165) is 17.4 Å². The zero-order chi connectivity index (χ0) is 14.2. The first kappa shape index (κ1) is 13.9. The summed E-state index contributed by atoms with van der Waals surface area (Å²) in [6, 6.07) is 7.63. The molecule has 1 nitrogen and oxygen atoms in total. The number of hydrogen-bond donors (Lipinski definition) is 0. The summed E-state index contributed by atoms with van der Waals surface area (Å²) in [5, 5.41) is 0.407. The first-order chi connectivity index (χ1) is 9.62. The second kappa shape index (κ2) is 5.37. The summed E-state index contributed by atoms with van der Waals surface area (Å²) >= 11 is 3.38. The molecule has 1 aromatic carbocycles. The lowest BCUT2D eigenvalue weighted by Crippen LogP contribution is -2.19. The lowest BCUT2D eigenvalue weighted by atomic mass is 10.0. The molecular formula is C15H13F2NS2. The number of benzene rings is 1. The highest BCUT2D eigenvalue weighted by atomic mass is 32.2. The van der Waals surface area contributed by atoms with Crippen molar-refractivity contribution in [3.8, 4) is 0 Å². The van der Waals surface area contributed by atoms with Crippen LogP contribution in [0.2, 0.25) is 0 Å². The van der Waals surface area contributed by atoms with Gasteiger partial charge in [0.1, 0.15) is 15.7 Å². The molecule has 0 bridgehead atoms. The summed E-state index contributed by atoms with van der Waals surface area (Å²) in [5.41, 5.74) is 1.47. The normalized spacial score (nSPS) is 25.9. The van der Waals surface area contributed by atoms with E-state index >= 15 is 0 Å². The molecule has 1 aliphatic heterocycles. The van der Waals surface area contributed by atoms with Gasteiger partial charge in [-0.05, 0) is 12.1 Å². The zero-order valence-corrected chi connectivity index (χ0v) is 12.5. The molecule has 2 aromatic rings. The van der Waals surface area contributed by atoms with Crippen LogP contribution in [-0.2, 0) is 4.08 Å². The molecule has 0 N–H and O–H groups in total. The van der Waals surface area contributed by atoms with Crippen molar-refractivity contribution in [1.82, 2.24) is 4.98 Å². The van der Waals surface area contributed by atoms with Crippen molar-refractivity contribution in [3.05, 3.63) is 65.5 Å². The van der Waals surface area contributed by atoms with Gasteiger partial charge in [-0.25, -0.2) is 8.78 Å². The average Bonchev–Trinajstić information content (AvgIpc) is 2.83. The van der Waals surface area contributed by atoms with Gasteiger partial charge in [-0.2, -0.15) is 0 Å². The third kappa shape index (κ3) is 2.33. The number of pyridine rings is 1. The van der Waals surface area contributed by atoms with Crippen molar-refractivity contribution >= 4 is 23.5 Å². The fourth-order valence-electron chi connectivity index (χ4n) is 2.35. The SMILES string of the molecule is CC1CSC(c2cccnc2)(c2ccc(F)cc2F)S1. The van der Waals surface area contributed by atoms with Crippen LogP contribution >= 0.6 is 23.5 Å². The molecule has 20 heavy (non-hydrogen) atoms. The Morgan fingerprint density at radius 2 is 2.15 bits per heavy atom. The van der Waals surface area contributed by atoms with E-state index in [-0.39, 0.29) is 0 Å². The van der Waals surface area contributed by atoms with Crippen LogP contribution in [-0.4, -0.2) is 16.0 Å². The largest absolute Gasteiger partial charge is 0.264 e. The van der Waals surface area contributed by atoms with E-state index < -0.39 is 15.7 Å². The molecule has 2 unspecified atom stereocenters. The van der Waals surface area contributed by atoms with Gasteiger partial charge in [-0.1, -0.05) is 19.1 Å². The Morgan fingerprint density at radius 1 is 1.30 bits per heavy atom. The molecule has 104 valence electrons. The molecule has 2 heterocycles. The minimum absolute atomic E-state index is 0.407. The Bertz CT molecular complexity index is 621. The van der Waals surface area contributed by atoms with Crippen molar-refractivity contribution in [3.63, 3.8) is 0 Å². The molecule has 0 aliphatic carbocycles. The van der Waals surface area contributed by atoms with Gasteiger partial charge < -0.3 is 0 Å². The van der Waals surface area contributed by atoms with Gasteiger partial charge in [0.05, 0.1) is 0 Å². The lowest BCUT2D eigenvalue weighted by molar-refractivity contribution is 0.572. The second-order valence-electron chi connectivity index (χ2n) is 4.72. The Morgan fingerprint density at radius 3 is 2.75 bits per heavy atom. The molecule has 3 rings (SSSR count). The van der Waals surface area contributed by atoms with Crippen molar-refractivity contribution < 1.29 is 8.78 Å². The molecule has 0 saturated carbocycles. The predicted molar refractivity (Wildman–Crippen MR) is 80.9 cm³/mol. The first-order valence-corrected chi connectivity index (χ1v) is 8.16. The topological polar surface area (TPSA) is 12.9 Å². The summed E-state index contributed by atoms with van der Waals surface area (Å²) in [4.78, 5) is 4.15. The minimum atomic E-state index is -0.548. The lowest BCUT2D eigenvalue weighted by Gasteiger charge is -2.29. The van der Waals surface area contributed by atoms with Crippen molar-refractivity contribution in [2.75, 3.05) is 5.75 Å². The van der Waals surface area contributed by atoms with Gasteiger partial charge in [0.2, 0.25) is 0 Å². The Balaban J connectivity index is 2.16. The monoisotopic (exact) mass is 309 g/mol. The molecule has 1 aromatic heterocycles. The summed E-state index contributed by atoms with van der Waals surface area (Å²) in [7, 11) is 0. The Kier molecular flexibility index (Phi) is 3.73. The van der Waals surface area contributed by atoms with Crippen molar-refractivity contribution in [2.45, 2.75) is 16.3 Å². The zero-order valence-electron chi connectivity index (χ0n) is 10.8. The van der Waals surface area contributed by atoms with Crippen LogP contribution in [0.25, 0.3) is 0 Å². The number of nitrogens with zero attached hydrogens (tertiary/aromatic N) is 1. The highest BCUT2D eigenvalue weighted by Crippen LogP contribution is 2.59. The summed E-state index contributed by atoms with van der Waals surface area (Å²) in [6.07, 6.45) is 3.47. The number of halogens is 2. The maximum Gasteiger partial charge on any atom is 0.131 e. The van der Waals surface area contributed by atoms with E-state index in [1.54, 1.807) is 42.0 Å². The minimum Gasteiger partial charge on any atom is -0.264 e. The van der Waals surface area contributed by atoms with Crippen LogP contribution in [0.3, 0.4) is 0 Å². The average molecular weight is 309 g/mol. The fraction of sp³-hybridized carbons (Fsp3) is 0.267. The van der Waals surface area contributed by atoms with Gasteiger partial charge in [-0.3, -0.25) is 4.98 Å². The number of thioether (sulfide) groups is 2. The summed E-state index contributed by atoms with van der Waals surface area (Å²) in [5.74, 6) is -0.118. The molecule has 0 radical (unpaired) electrons. The van der Waals surface area contributed by atoms with Gasteiger partial charge in [-0.15, -0.1) is 23.5 Å². The van der Waals surface area contributed by atoms with E-state index in [1.165, 1.54) is 6.07 Å². The molecule has 1 fully saturated rings. The molecule has 0 amide bonds. The maximum absolute atomic E-state index is 14.3. The van der Waals surface area contributed by atoms with E-state index in [9.17, 15) is 8.78 Å². The second-order valence-corrected chi connectivity index (χ2v) is 7.87. The van der Waals surface area contributed by atoms with Crippen molar-refractivity contribution in [1.29, 1.82) is 0 Å². The quantitative estimate of drug-likeness (QED) is 0.814. The smallest absolute Gasteiger partial charge is 0.131 e. The van der Waals surface area contributed by atoms with E-state index in [0.29, 0.717) is 10.8 Å². The molecule has 2 atom stereocenters. The van der Waals surface area contributed by atoms with Gasteiger partial charge in [0.25, 0.3) is 0 Å². The van der Waals surface area contributed by atoms with Crippen LogP contribution in [0.15, 0.2) is 42.7 Å². The molecule has 1 saturated heterocycles. The van der Waals surface area contributed by atoms with Crippen LogP contribution in [0.4, 0.5) is 8.78 Å². The third-order valence-corrected chi connectivity index (χ3v) is 6.95. The van der Waals surface area contributed by atoms with Gasteiger partial charge in [0, 0.05) is 40.6 Å². The van der Waals surface area contributed by atoms with Crippen LogP contribution in [0.5, 0.6) is 0 Å².